The van der Waals surface area contributed by atoms with Crippen molar-refractivity contribution >= 4 is 33.4 Å². The van der Waals surface area contributed by atoms with Gasteiger partial charge in [-0.3, -0.25) is 14.9 Å². The standard InChI is InChI=1S/C23H25NO4S/c1-14(2)11-19(22(25)26)24-20(23(27)28)12-15-7-9-16(10-8-15)18-13-29-21-6-4-3-5-17(18)21/h3-10,13-14,19-20,24H,11-12H2,1-2H3,(H,25,26)(H,27,28)/t19-,20-/m0/s1. The summed E-state index contributed by atoms with van der Waals surface area (Å²) in [6.45, 7) is 3.83. The molecule has 3 rings (SSSR count). The van der Waals surface area contributed by atoms with Crippen LogP contribution < -0.4 is 5.32 Å². The summed E-state index contributed by atoms with van der Waals surface area (Å²) in [4.78, 5) is 23.2. The average molecular weight is 412 g/mol. The first kappa shape index (κ1) is 21.0. The maximum Gasteiger partial charge on any atom is 0.321 e. The Labute approximate surface area is 174 Å². The number of rotatable bonds is 9. The van der Waals surface area contributed by atoms with Crippen LogP contribution in [0, 0.1) is 5.92 Å². The summed E-state index contributed by atoms with van der Waals surface area (Å²) in [5, 5.41) is 25.1. The molecule has 5 nitrogen and oxygen atoms in total. The largest absolute Gasteiger partial charge is 0.480 e. The van der Waals surface area contributed by atoms with Crippen molar-refractivity contribution in [1.29, 1.82) is 0 Å². The third-order valence-corrected chi connectivity index (χ3v) is 5.85. The van der Waals surface area contributed by atoms with Crippen LogP contribution in [0.15, 0.2) is 53.9 Å². The normalized spacial score (nSPS) is 13.5. The quantitative estimate of drug-likeness (QED) is 0.477. The average Bonchev–Trinajstić information content (AvgIpc) is 3.11. The van der Waals surface area contributed by atoms with E-state index in [-0.39, 0.29) is 12.3 Å². The molecule has 6 heteroatoms. The molecule has 0 saturated heterocycles. The van der Waals surface area contributed by atoms with Crippen molar-refractivity contribution < 1.29 is 19.8 Å². The summed E-state index contributed by atoms with van der Waals surface area (Å²) in [5.74, 6) is -1.92. The summed E-state index contributed by atoms with van der Waals surface area (Å²) in [6, 6.07) is 14.2. The van der Waals surface area contributed by atoms with E-state index >= 15 is 0 Å². The zero-order valence-electron chi connectivity index (χ0n) is 16.5. The number of fused-ring (bicyclic) bond motifs is 1. The molecule has 1 heterocycles. The maximum atomic E-state index is 11.7. The van der Waals surface area contributed by atoms with Crippen LogP contribution in [0.4, 0.5) is 0 Å². The maximum absolute atomic E-state index is 11.7. The monoisotopic (exact) mass is 411 g/mol. The van der Waals surface area contributed by atoms with Gasteiger partial charge in [0, 0.05) is 15.6 Å². The molecule has 0 radical (unpaired) electrons. The van der Waals surface area contributed by atoms with Gasteiger partial charge in [-0.15, -0.1) is 11.3 Å². The molecular weight excluding hydrogens is 386 g/mol. The molecule has 0 aliphatic rings. The lowest BCUT2D eigenvalue weighted by atomic mass is 9.98. The van der Waals surface area contributed by atoms with Crippen LogP contribution in [0.1, 0.15) is 25.8 Å². The molecular formula is C23H25NO4S. The molecule has 152 valence electrons. The van der Waals surface area contributed by atoms with Crippen LogP contribution in [0.25, 0.3) is 21.2 Å². The van der Waals surface area contributed by atoms with E-state index in [1.807, 2.05) is 50.2 Å². The van der Waals surface area contributed by atoms with Gasteiger partial charge in [0.25, 0.3) is 0 Å². The van der Waals surface area contributed by atoms with Crippen molar-refractivity contribution in [3.8, 4) is 11.1 Å². The van der Waals surface area contributed by atoms with Crippen LogP contribution in [-0.2, 0) is 16.0 Å². The fourth-order valence-electron chi connectivity index (χ4n) is 3.43. The predicted molar refractivity (Wildman–Crippen MR) is 116 cm³/mol. The summed E-state index contributed by atoms with van der Waals surface area (Å²) in [6.07, 6.45) is 0.602. The fraction of sp³-hybridized carbons (Fsp3) is 0.304. The number of carbonyl (C=O) groups is 2. The highest BCUT2D eigenvalue weighted by Crippen LogP contribution is 2.33. The van der Waals surface area contributed by atoms with Gasteiger partial charge in [-0.25, -0.2) is 0 Å². The SMILES string of the molecule is CC(C)C[C@H](N[C@@H](Cc1ccc(-c2csc3ccccc23)cc1)C(=O)O)C(=O)O. The first-order valence-corrected chi connectivity index (χ1v) is 10.5. The van der Waals surface area contributed by atoms with Gasteiger partial charge >= 0.3 is 11.9 Å². The number of benzene rings is 2. The molecule has 0 amide bonds. The Hall–Kier alpha value is -2.70. The predicted octanol–water partition coefficient (Wildman–Crippen LogP) is 4.65. The van der Waals surface area contributed by atoms with Crippen molar-refractivity contribution in [3.63, 3.8) is 0 Å². The lowest BCUT2D eigenvalue weighted by Gasteiger charge is -2.22. The molecule has 0 unspecified atom stereocenters. The van der Waals surface area contributed by atoms with Crippen LogP contribution in [-0.4, -0.2) is 34.2 Å². The van der Waals surface area contributed by atoms with Gasteiger partial charge in [-0.05, 0) is 41.3 Å². The molecule has 0 saturated carbocycles. The van der Waals surface area contributed by atoms with Crippen molar-refractivity contribution in [3.05, 3.63) is 59.5 Å². The Kier molecular flexibility index (Phi) is 6.67. The van der Waals surface area contributed by atoms with Crippen molar-refractivity contribution in [2.45, 2.75) is 38.8 Å². The Morgan fingerprint density at radius 2 is 1.62 bits per heavy atom. The van der Waals surface area contributed by atoms with E-state index in [0.29, 0.717) is 6.42 Å². The first-order valence-electron chi connectivity index (χ1n) is 9.62. The van der Waals surface area contributed by atoms with E-state index in [2.05, 4.69) is 22.8 Å². The minimum atomic E-state index is -1.05. The number of aliphatic carboxylic acids is 2. The van der Waals surface area contributed by atoms with Crippen molar-refractivity contribution in [2.75, 3.05) is 0 Å². The van der Waals surface area contributed by atoms with Crippen molar-refractivity contribution in [2.24, 2.45) is 5.92 Å². The number of hydrogen-bond donors (Lipinski definition) is 3. The highest BCUT2D eigenvalue weighted by atomic mass is 32.1. The van der Waals surface area contributed by atoms with Gasteiger partial charge in [0.15, 0.2) is 0 Å². The van der Waals surface area contributed by atoms with Gasteiger partial charge in [0.05, 0.1) is 0 Å². The third-order valence-electron chi connectivity index (χ3n) is 4.89. The number of carboxylic acid groups (broad SMARTS) is 2. The van der Waals surface area contributed by atoms with E-state index in [4.69, 9.17) is 0 Å². The highest BCUT2D eigenvalue weighted by molar-refractivity contribution is 7.17. The van der Waals surface area contributed by atoms with E-state index in [0.717, 1.165) is 16.7 Å². The van der Waals surface area contributed by atoms with Crippen LogP contribution >= 0.6 is 11.3 Å². The lowest BCUT2D eigenvalue weighted by Crippen LogP contribution is -2.48. The number of thiophene rings is 1. The minimum absolute atomic E-state index is 0.151. The second kappa shape index (κ2) is 9.20. The lowest BCUT2D eigenvalue weighted by molar-refractivity contribution is -0.142. The highest BCUT2D eigenvalue weighted by Gasteiger charge is 2.26. The van der Waals surface area contributed by atoms with Gasteiger partial charge in [-0.1, -0.05) is 56.3 Å². The molecule has 29 heavy (non-hydrogen) atoms. The first-order chi connectivity index (χ1) is 13.8. The molecule has 0 fully saturated rings. The molecule has 2 atom stereocenters. The van der Waals surface area contributed by atoms with Crippen LogP contribution in [0.5, 0.6) is 0 Å². The van der Waals surface area contributed by atoms with E-state index < -0.39 is 24.0 Å². The molecule has 0 aliphatic carbocycles. The van der Waals surface area contributed by atoms with Gasteiger partial charge in [-0.2, -0.15) is 0 Å². The Balaban J connectivity index is 1.76. The minimum Gasteiger partial charge on any atom is -0.480 e. The van der Waals surface area contributed by atoms with Crippen LogP contribution in [0.2, 0.25) is 0 Å². The van der Waals surface area contributed by atoms with E-state index in [1.165, 1.54) is 10.1 Å². The molecule has 0 aliphatic heterocycles. The summed E-state index contributed by atoms with van der Waals surface area (Å²) >= 11 is 1.70. The molecule has 1 aromatic heterocycles. The van der Waals surface area contributed by atoms with E-state index in [1.54, 1.807) is 11.3 Å². The summed E-state index contributed by atoms with van der Waals surface area (Å²) in [5.41, 5.74) is 3.09. The fourth-order valence-corrected chi connectivity index (χ4v) is 4.40. The topological polar surface area (TPSA) is 86.6 Å². The smallest absolute Gasteiger partial charge is 0.321 e. The molecule has 0 bridgehead atoms. The van der Waals surface area contributed by atoms with Crippen LogP contribution in [0.3, 0.4) is 0 Å². The summed E-state index contributed by atoms with van der Waals surface area (Å²) < 4.78 is 1.23. The summed E-state index contributed by atoms with van der Waals surface area (Å²) in [7, 11) is 0. The Bertz CT molecular complexity index is 994. The van der Waals surface area contributed by atoms with Gasteiger partial charge < -0.3 is 10.2 Å². The van der Waals surface area contributed by atoms with Gasteiger partial charge in [0.1, 0.15) is 12.1 Å². The second-order valence-corrected chi connectivity index (χ2v) is 8.54. The second-order valence-electron chi connectivity index (χ2n) is 7.62. The molecule has 3 N–H and O–H groups in total. The Morgan fingerprint density at radius 1 is 0.966 bits per heavy atom. The third kappa shape index (κ3) is 5.22. The number of nitrogens with one attached hydrogen (secondary N) is 1. The molecule has 2 aromatic carbocycles. The molecule has 0 spiro atoms. The Morgan fingerprint density at radius 3 is 2.24 bits per heavy atom. The van der Waals surface area contributed by atoms with Crippen molar-refractivity contribution in [1.82, 2.24) is 5.32 Å². The zero-order valence-corrected chi connectivity index (χ0v) is 17.3. The number of hydrogen-bond acceptors (Lipinski definition) is 4. The van der Waals surface area contributed by atoms with Gasteiger partial charge in [0.2, 0.25) is 0 Å². The van der Waals surface area contributed by atoms with E-state index in [9.17, 15) is 19.8 Å². The number of carboxylic acids is 2. The zero-order chi connectivity index (χ0) is 21.0. The molecule has 3 aromatic rings.